The van der Waals surface area contributed by atoms with Crippen LogP contribution in [0.5, 0.6) is 0 Å². The number of nitrogens with one attached hydrogen (secondary N) is 1. The normalized spacial score (nSPS) is 12.1. The summed E-state index contributed by atoms with van der Waals surface area (Å²) in [5.41, 5.74) is 2.10. The van der Waals surface area contributed by atoms with Crippen molar-refractivity contribution in [1.29, 1.82) is 0 Å². The summed E-state index contributed by atoms with van der Waals surface area (Å²) in [5.74, 6) is 0.873. The van der Waals surface area contributed by atoms with Crippen molar-refractivity contribution in [1.82, 2.24) is 0 Å². The fourth-order valence-electron chi connectivity index (χ4n) is 1.99. The molecule has 0 fully saturated rings. The Morgan fingerprint density at radius 1 is 1.30 bits per heavy atom. The third-order valence-electron chi connectivity index (χ3n) is 3.29. The number of anilines is 1. The number of hydrogen-bond acceptors (Lipinski definition) is 2. The molecule has 1 atom stereocenters. The van der Waals surface area contributed by atoms with Gasteiger partial charge in [0.2, 0.25) is 0 Å². The quantitative estimate of drug-likeness (QED) is 0.847. The minimum Gasteiger partial charge on any atom is -0.463 e. The molecular weight excluding hydrogens is 252 g/mol. The van der Waals surface area contributed by atoms with Crippen molar-refractivity contribution in [2.75, 3.05) is 11.9 Å². The Hall–Kier alpha value is -2.07. The monoisotopic (exact) mass is 273 g/mol. The molecule has 4 nitrogen and oxygen atoms in total. The molecule has 0 saturated carbocycles. The second-order valence-electron chi connectivity index (χ2n) is 4.84. The fourth-order valence-corrected chi connectivity index (χ4v) is 1.99. The van der Waals surface area contributed by atoms with Gasteiger partial charge in [-0.3, -0.25) is 4.79 Å². The summed E-state index contributed by atoms with van der Waals surface area (Å²) in [4.78, 5) is 11.9. The van der Waals surface area contributed by atoms with Gasteiger partial charge in [0.25, 0.3) is 5.91 Å². The zero-order valence-corrected chi connectivity index (χ0v) is 11.9. The van der Waals surface area contributed by atoms with Gasteiger partial charge in [-0.2, -0.15) is 0 Å². The Morgan fingerprint density at radius 2 is 2.05 bits per heavy atom. The molecule has 0 aliphatic carbocycles. The number of carbonyl (C=O) groups is 1. The number of aryl methyl sites for hydroxylation is 1. The van der Waals surface area contributed by atoms with Gasteiger partial charge in [0.15, 0.2) is 12.3 Å². The lowest BCUT2D eigenvalue weighted by molar-refractivity contribution is -0.684. The number of benzene rings is 1. The molecule has 1 aromatic heterocycles. The molecule has 0 unspecified atom stereocenters. The molecule has 0 bridgehead atoms. The van der Waals surface area contributed by atoms with E-state index in [1.165, 1.54) is 5.56 Å². The van der Waals surface area contributed by atoms with Crippen molar-refractivity contribution in [3.05, 3.63) is 54.0 Å². The zero-order chi connectivity index (χ0) is 14.4. The van der Waals surface area contributed by atoms with Gasteiger partial charge in [0, 0.05) is 5.69 Å². The third kappa shape index (κ3) is 3.96. The van der Waals surface area contributed by atoms with E-state index in [9.17, 15) is 4.79 Å². The zero-order valence-electron chi connectivity index (χ0n) is 11.9. The Bertz CT molecular complexity index is 532. The highest BCUT2D eigenvalue weighted by Gasteiger charge is 2.13. The second kappa shape index (κ2) is 6.91. The molecule has 0 spiro atoms. The second-order valence-corrected chi connectivity index (χ2v) is 4.84. The lowest BCUT2D eigenvalue weighted by Crippen LogP contribution is -2.86. The van der Waals surface area contributed by atoms with Crippen molar-refractivity contribution < 1.29 is 14.5 Å². The average molecular weight is 273 g/mol. The van der Waals surface area contributed by atoms with Gasteiger partial charge in [0.1, 0.15) is 6.04 Å². The van der Waals surface area contributed by atoms with E-state index in [0.29, 0.717) is 6.54 Å². The number of carbonyl (C=O) groups excluding carboxylic acids is 1. The molecular formula is C16H21N2O2+. The number of amides is 1. The van der Waals surface area contributed by atoms with Crippen LogP contribution in [0.1, 0.15) is 31.2 Å². The van der Waals surface area contributed by atoms with Gasteiger partial charge >= 0.3 is 0 Å². The first-order valence-corrected chi connectivity index (χ1v) is 6.94. The van der Waals surface area contributed by atoms with Gasteiger partial charge < -0.3 is 15.1 Å². The Labute approximate surface area is 119 Å². The van der Waals surface area contributed by atoms with Crippen molar-refractivity contribution >= 4 is 11.6 Å². The molecule has 0 radical (unpaired) electrons. The molecule has 0 aliphatic rings. The van der Waals surface area contributed by atoms with E-state index in [1.54, 1.807) is 6.26 Å². The van der Waals surface area contributed by atoms with Gasteiger partial charge in [-0.1, -0.05) is 19.1 Å². The molecule has 0 saturated heterocycles. The van der Waals surface area contributed by atoms with Crippen molar-refractivity contribution in [3.63, 3.8) is 0 Å². The highest BCUT2D eigenvalue weighted by atomic mass is 16.3. The number of rotatable bonds is 6. The third-order valence-corrected chi connectivity index (χ3v) is 3.29. The molecule has 20 heavy (non-hydrogen) atoms. The summed E-state index contributed by atoms with van der Waals surface area (Å²) in [6.45, 7) is 4.50. The molecule has 2 aromatic rings. The average Bonchev–Trinajstić information content (AvgIpc) is 3.00. The van der Waals surface area contributed by atoms with Crippen LogP contribution in [0.25, 0.3) is 0 Å². The van der Waals surface area contributed by atoms with Crippen LogP contribution in [0.3, 0.4) is 0 Å². The number of hydrogen-bond donors (Lipinski definition) is 2. The molecule has 1 heterocycles. The molecule has 106 valence electrons. The Kier molecular flexibility index (Phi) is 4.96. The molecule has 4 heteroatoms. The van der Waals surface area contributed by atoms with Crippen molar-refractivity contribution in [2.45, 2.75) is 26.3 Å². The lowest BCUT2D eigenvalue weighted by atomic mass is 10.1. The van der Waals surface area contributed by atoms with E-state index in [1.807, 2.05) is 48.6 Å². The first kappa shape index (κ1) is 14.3. The maximum Gasteiger partial charge on any atom is 0.279 e. The van der Waals surface area contributed by atoms with Crippen molar-refractivity contribution in [2.24, 2.45) is 0 Å². The van der Waals surface area contributed by atoms with Gasteiger partial charge in [0.05, 0.1) is 6.26 Å². The summed E-state index contributed by atoms with van der Waals surface area (Å²) in [6.07, 6.45) is 2.65. The Morgan fingerprint density at radius 3 is 2.65 bits per heavy atom. The van der Waals surface area contributed by atoms with Crippen molar-refractivity contribution in [3.8, 4) is 0 Å². The van der Waals surface area contributed by atoms with E-state index in [2.05, 4.69) is 12.2 Å². The van der Waals surface area contributed by atoms with Crippen LogP contribution in [0.2, 0.25) is 0 Å². The standard InChI is InChI=1S/C16H20N2O2/c1-3-13-6-8-14(9-7-13)18-16(19)11-17-12(2)15-5-4-10-20-15/h4-10,12,17H,3,11H2,1-2H3,(H,18,19)/p+1/t12-/m0/s1. The molecule has 0 aliphatic heterocycles. The minimum atomic E-state index is -0.00680. The summed E-state index contributed by atoms with van der Waals surface area (Å²) in [6, 6.07) is 11.9. The largest absolute Gasteiger partial charge is 0.463 e. The highest BCUT2D eigenvalue weighted by molar-refractivity contribution is 5.91. The number of nitrogens with two attached hydrogens (primary N) is 1. The van der Waals surface area contributed by atoms with Crippen LogP contribution in [0.4, 0.5) is 5.69 Å². The van der Waals surface area contributed by atoms with E-state index in [0.717, 1.165) is 17.9 Å². The molecule has 1 aromatic carbocycles. The van der Waals surface area contributed by atoms with Crippen LogP contribution in [0, 0.1) is 0 Å². The minimum absolute atomic E-state index is 0.00680. The van der Waals surface area contributed by atoms with Crippen LogP contribution < -0.4 is 10.6 Å². The predicted octanol–water partition coefficient (Wildman–Crippen LogP) is 2.11. The summed E-state index contributed by atoms with van der Waals surface area (Å²) < 4.78 is 5.31. The van der Waals surface area contributed by atoms with Crippen LogP contribution in [0.15, 0.2) is 47.1 Å². The maximum absolute atomic E-state index is 11.9. The maximum atomic E-state index is 11.9. The summed E-state index contributed by atoms with van der Waals surface area (Å²) in [5, 5.41) is 4.85. The highest BCUT2D eigenvalue weighted by Crippen LogP contribution is 2.10. The first-order chi connectivity index (χ1) is 9.69. The predicted molar refractivity (Wildman–Crippen MR) is 78.4 cm³/mol. The smallest absolute Gasteiger partial charge is 0.279 e. The Balaban J connectivity index is 1.80. The van der Waals surface area contributed by atoms with Gasteiger partial charge in [-0.25, -0.2) is 0 Å². The fraction of sp³-hybridized carbons (Fsp3) is 0.312. The SMILES string of the molecule is CCc1ccc(NC(=O)C[NH2+][C@@H](C)c2ccco2)cc1. The van der Waals surface area contributed by atoms with Crippen LogP contribution in [-0.2, 0) is 11.2 Å². The lowest BCUT2D eigenvalue weighted by Gasteiger charge is -2.09. The topological polar surface area (TPSA) is 58.9 Å². The molecule has 3 N–H and O–H groups in total. The van der Waals surface area contributed by atoms with E-state index < -0.39 is 0 Å². The molecule has 1 amide bonds. The summed E-state index contributed by atoms with van der Waals surface area (Å²) >= 11 is 0. The first-order valence-electron chi connectivity index (χ1n) is 6.94. The number of furan rings is 1. The summed E-state index contributed by atoms with van der Waals surface area (Å²) in [7, 11) is 0. The van der Waals surface area contributed by atoms with E-state index in [-0.39, 0.29) is 11.9 Å². The molecule has 2 rings (SSSR count). The van der Waals surface area contributed by atoms with E-state index in [4.69, 9.17) is 4.42 Å². The van der Waals surface area contributed by atoms with Gasteiger partial charge in [-0.05, 0) is 43.2 Å². The van der Waals surface area contributed by atoms with Crippen LogP contribution >= 0.6 is 0 Å². The van der Waals surface area contributed by atoms with Gasteiger partial charge in [-0.15, -0.1) is 0 Å². The van der Waals surface area contributed by atoms with Crippen LogP contribution in [-0.4, -0.2) is 12.5 Å². The van der Waals surface area contributed by atoms with E-state index >= 15 is 0 Å². The number of quaternary nitrogens is 1.